The second kappa shape index (κ2) is 11.6. The van der Waals surface area contributed by atoms with Crippen LogP contribution in [-0.2, 0) is 0 Å². The first-order chi connectivity index (χ1) is 9.60. The molecule has 0 aromatic carbocycles. The molecule has 0 radical (unpaired) electrons. The van der Waals surface area contributed by atoms with E-state index in [9.17, 15) is 0 Å². The number of nitrogens with zero attached hydrogens (tertiary/aromatic N) is 1. The third-order valence-corrected chi connectivity index (χ3v) is 5.15. The first-order valence-electron chi connectivity index (χ1n) is 9.02. The molecule has 1 N–H and O–H groups in total. The molecular weight excluding hydrogens is 244 g/mol. The topological polar surface area (TPSA) is 15.3 Å². The highest BCUT2D eigenvalue weighted by Crippen LogP contribution is 2.27. The minimum Gasteiger partial charge on any atom is -0.315 e. The predicted octanol–water partition coefficient (Wildman–Crippen LogP) is 4.84. The van der Waals surface area contributed by atoms with Crippen LogP contribution in [0, 0.1) is 0 Å². The van der Waals surface area contributed by atoms with E-state index in [0.717, 1.165) is 13.1 Å². The Bertz CT molecular complexity index is 213. The van der Waals surface area contributed by atoms with Crippen molar-refractivity contribution in [2.75, 3.05) is 20.1 Å². The molecule has 0 fully saturated rings. The number of hydrogen-bond acceptors (Lipinski definition) is 2. The summed E-state index contributed by atoms with van der Waals surface area (Å²) in [5, 5.41) is 3.60. The Morgan fingerprint density at radius 2 is 1.45 bits per heavy atom. The van der Waals surface area contributed by atoms with Crippen molar-refractivity contribution < 1.29 is 0 Å². The Balaban J connectivity index is 4.32. The van der Waals surface area contributed by atoms with Crippen LogP contribution in [0.3, 0.4) is 0 Å². The largest absolute Gasteiger partial charge is 0.315 e. The fraction of sp³-hybridized carbons (Fsp3) is 1.00. The second-order valence-electron chi connectivity index (χ2n) is 6.28. The first-order valence-corrected chi connectivity index (χ1v) is 9.02. The molecule has 0 saturated heterocycles. The second-order valence-corrected chi connectivity index (χ2v) is 6.28. The molecule has 0 saturated carbocycles. The van der Waals surface area contributed by atoms with Gasteiger partial charge in [-0.25, -0.2) is 0 Å². The summed E-state index contributed by atoms with van der Waals surface area (Å²) in [6, 6.07) is 0.610. The molecule has 0 aliphatic rings. The van der Waals surface area contributed by atoms with Gasteiger partial charge in [0.2, 0.25) is 0 Å². The Morgan fingerprint density at radius 1 is 0.900 bits per heavy atom. The quantitative estimate of drug-likeness (QED) is 0.487. The van der Waals surface area contributed by atoms with E-state index >= 15 is 0 Å². The van der Waals surface area contributed by atoms with Crippen molar-refractivity contribution >= 4 is 0 Å². The van der Waals surface area contributed by atoms with Crippen LogP contribution in [-0.4, -0.2) is 36.6 Å². The fourth-order valence-corrected chi connectivity index (χ4v) is 3.53. The van der Waals surface area contributed by atoms with E-state index in [2.05, 4.69) is 51.9 Å². The zero-order valence-corrected chi connectivity index (χ0v) is 15.1. The summed E-state index contributed by atoms with van der Waals surface area (Å²) in [5.41, 5.74) is 0.293. The van der Waals surface area contributed by atoms with Crippen LogP contribution >= 0.6 is 0 Å². The monoisotopic (exact) mass is 284 g/mol. The first kappa shape index (κ1) is 19.9. The van der Waals surface area contributed by atoms with Gasteiger partial charge in [0, 0.05) is 11.6 Å². The van der Waals surface area contributed by atoms with Crippen molar-refractivity contribution in [3.05, 3.63) is 0 Å². The Hall–Kier alpha value is -0.0800. The molecule has 0 amide bonds. The summed E-state index contributed by atoms with van der Waals surface area (Å²) < 4.78 is 0. The van der Waals surface area contributed by atoms with Crippen molar-refractivity contribution in [2.24, 2.45) is 0 Å². The summed E-state index contributed by atoms with van der Waals surface area (Å²) in [4.78, 5) is 2.63. The van der Waals surface area contributed by atoms with E-state index in [4.69, 9.17) is 0 Å². The van der Waals surface area contributed by atoms with Crippen LogP contribution < -0.4 is 5.32 Å². The van der Waals surface area contributed by atoms with Gasteiger partial charge < -0.3 is 5.32 Å². The molecule has 0 spiro atoms. The lowest BCUT2D eigenvalue weighted by Gasteiger charge is -2.46. The average molecular weight is 285 g/mol. The van der Waals surface area contributed by atoms with Crippen molar-refractivity contribution in [2.45, 2.75) is 97.6 Å². The van der Waals surface area contributed by atoms with Gasteiger partial charge in [0.15, 0.2) is 0 Å². The SMILES string of the molecule is CCCCCCCCC(NC)C(C)(CC)N(CC)CC. The predicted molar refractivity (Wildman–Crippen MR) is 92.5 cm³/mol. The molecule has 0 aliphatic heterocycles. The molecule has 2 heteroatoms. The molecule has 0 heterocycles. The van der Waals surface area contributed by atoms with Crippen molar-refractivity contribution in [3.8, 4) is 0 Å². The van der Waals surface area contributed by atoms with E-state index < -0.39 is 0 Å². The Morgan fingerprint density at radius 3 is 1.90 bits per heavy atom. The minimum atomic E-state index is 0.293. The maximum Gasteiger partial charge on any atom is 0.0331 e. The highest BCUT2D eigenvalue weighted by atomic mass is 15.2. The van der Waals surface area contributed by atoms with Gasteiger partial charge in [0.25, 0.3) is 0 Å². The van der Waals surface area contributed by atoms with Gasteiger partial charge in [0.05, 0.1) is 0 Å². The van der Waals surface area contributed by atoms with Crippen LogP contribution in [0.25, 0.3) is 0 Å². The van der Waals surface area contributed by atoms with Gasteiger partial charge in [-0.15, -0.1) is 0 Å². The maximum absolute atomic E-state index is 3.60. The van der Waals surface area contributed by atoms with E-state index in [0.29, 0.717) is 11.6 Å². The highest BCUT2D eigenvalue weighted by molar-refractivity contribution is 4.95. The van der Waals surface area contributed by atoms with Crippen molar-refractivity contribution in [1.82, 2.24) is 10.2 Å². The minimum absolute atomic E-state index is 0.293. The molecule has 2 nitrogen and oxygen atoms in total. The third-order valence-electron chi connectivity index (χ3n) is 5.15. The van der Waals surface area contributed by atoms with Gasteiger partial charge >= 0.3 is 0 Å². The summed E-state index contributed by atoms with van der Waals surface area (Å²) in [6.45, 7) is 13.9. The van der Waals surface area contributed by atoms with Crippen LogP contribution in [0.4, 0.5) is 0 Å². The molecular formula is C18H40N2. The molecule has 20 heavy (non-hydrogen) atoms. The standard InChI is InChI=1S/C18H40N2/c1-7-11-12-13-14-15-16-17(19-6)18(5,8-2)20(9-3)10-4/h17,19H,7-16H2,1-6H3. The Kier molecular flexibility index (Phi) is 11.5. The van der Waals surface area contributed by atoms with Gasteiger partial charge in [-0.1, -0.05) is 66.2 Å². The Labute approximate surface area is 128 Å². The molecule has 0 aliphatic carbocycles. The van der Waals surface area contributed by atoms with Crippen molar-refractivity contribution in [3.63, 3.8) is 0 Å². The molecule has 0 aromatic heterocycles. The third kappa shape index (κ3) is 6.13. The highest BCUT2D eigenvalue weighted by Gasteiger charge is 2.35. The molecule has 2 unspecified atom stereocenters. The number of rotatable bonds is 13. The summed E-state index contributed by atoms with van der Waals surface area (Å²) >= 11 is 0. The number of hydrogen-bond donors (Lipinski definition) is 1. The lowest BCUT2D eigenvalue weighted by atomic mass is 9.84. The number of nitrogens with one attached hydrogen (secondary N) is 1. The molecule has 122 valence electrons. The molecule has 0 rings (SSSR count). The van der Waals surface area contributed by atoms with Gasteiger partial charge in [-0.3, -0.25) is 4.90 Å². The van der Waals surface area contributed by atoms with Crippen LogP contribution in [0.1, 0.15) is 86.0 Å². The van der Waals surface area contributed by atoms with Gasteiger partial charge in [0.1, 0.15) is 0 Å². The summed E-state index contributed by atoms with van der Waals surface area (Å²) in [6.07, 6.45) is 10.9. The van der Waals surface area contributed by atoms with Crippen LogP contribution in [0.15, 0.2) is 0 Å². The molecule has 2 atom stereocenters. The van der Waals surface area contributed by atoms with Crippen LogP contribution in [0.5, 0.6) is 0 Å². The van der Waals surface area contributed by atoms with E-state index in [-0.39, 0.29) is 0 Å². The average Bonchev–Trinajstić information content (AvgIpc) is 2.47. The zero-order chi connectivity index (χ0) is 15.4. The van der Waals surface area contributed by atoms with Crippen molar-refractivity contribution in [1.29, 1.82) is 0 Å². The zero-order valence-electron chi connectivity index (χ0n) is 15.1. The smallest absolute Gasteiger partial charge is 0.0331 e. The van der Waals surface area contributed by atoms with Gasteiger partial charge in [-0.2, -0.15) is 0 Å². The van der Waals surface area contributed by atoms with E-state index in [1.54, 1.807) is 0 Å². The lowest BCUT2D eigenvalue weighted by Crippen LogP contribution is -2.58. The van der Waals surface area contributed by atoms with Gasteiger partial charge in [-0.05, 0) is 39.9 Å². The fourth-order valence-electron chi connectivity index (χ4n) is 3.53. The van der Waals surface area contributed by atoms with E-state index in [1.165, 1.54) is 51.4 Å². The molecule has 0 aromatic rings. The van der Waals surface area contributed by atoms with Crippen LogP contribution in [0.2, 0.25) is 0 Å². The maximum atomic E-state index is 3.60. The molecule has 0 bridgehead atoms. The van der Waals surface area contributed by atoms with E-state index in [1.807, 2.05) is 0 Å². The number of likely N-dealkylation sites (N-methyl/N-ethyl adjacent to an activating group) is 2. The summed E-state index contributed by atoms with van der Waals surface area (Å²) in [7, 11) is 2.14. The normalized spacial score (nSPS) is 16.4. The summed E-state index contributed by atoms with van der Waals surface area (Å²) in [5.74, 6) is 0. The number of unbranched alkanes of at least 4 members (excludes halogenated alkanes) is 5. The lowest BCUT2D eigenvalue weighted by molar-refractivity contribution is 0.0686.